The van der Waals surface area contributed by atoms with Crippen molar-refractivity contribution in [2.75, 3.05) is 19.8 Å². The fourth-order valence-electron chi connectivity index (χ4n) is 8.04. The molecule has 1 aromatic carbocycles. The van der Waals surface area contributed by atoms with Gasteiger partial charge in [0, 0.05) is 18.4 Å². The lowest BCUT2D eigenvalue weighted by Crippen LogP contribution is -2.40. The summed E-state index contributed by atoms with van der Waals surface area (Å²) in [7, 11) is -4.71. The fraction of sp³-hybridized carbons (Fsp3) is 0.837. The molecule has 0 spiro atoms. The van der Waals surface area contributed by atoms with Crippen molar-refractivity contribution < 1.29 is 47.4 Å². The Labute approximate surface area is 365 Å². The molecule has 1 aliphatic heterocycles. The number of hydrogen-bond donors (Lipinski definition) is 2. The van der Waals surface area contributed by atoms with E-state index < -0.39 is 38.1 Å². The minimum Gasteiger partial charge on any atom is -0.485 e. The van der Waals surface area contributed by atoms with Crippen LogP contribution >= 0.6 is 7.82 Å². The Hall–Kier alpha value is -2.13. The molecule has 0 radical (unpaired) electrons. The second-order valence-electron chi connectivity index (χ2n) is 17.9. The molecule has 0 saturated carbocycles. The summed E-state index contributed by atoms with van der Waals surface area (Å²) >= 11 is 0. The quantitative estimate of drug-likeness (QED) is 0.0378. The lowest BCUT2D eigenvalue weighted by atomic mass is 9.87. The van der Waals surface area contributed by atoms with Gasteiger partial charge in [0.05, 0.1) is 6.61 Å². The number of aliphatic hydroxyl groups excluding tert-OH is 1. The van der Waals surface area contributed by atoms with Crippen molar-refractivity contribution in [1.82, 2.24) is 0 Å². The van der Waals surface area contributed by atoms with Gasteiger partial charge in [0.2, 0.25) is 0 Å². The topological polar surface area (TPSA) is 138 Å². The summed E-state index contributed by atoms with van der Waals surface area (Å²) in [5.74, 6) is 0.0337. The average Bonchev–Trinajstić information content (AvgIpc) is 3.23. The van der Waals surface area contributed by atoms with Crippen LogP contribution in [0.15, 0.2) is 0 Å². The van der Waals surface area contributed by atoms with Gasteiger partial charge in [-0.25, -0.2) is 4.57 Å². The van der Waals surface area contributed by atoms with Crippen LogP contribution in [-0.4, -0.2) is 53.5 Å². The molecule has 2 unspecified atom stereocenters. The van der Waals surface area contributed by atoms with E-state index >= 15 is 0 Å². The molecule has 1 aliphatic rings. The normalized spacial score (nSPS) is 16.5. The number of hydrogen-bond acceptors (Lipinski definition) is 9. The van der Waals surface area contributed by atoms with Crippen molar-refractivity contribution in [3.8, 4) is 11.5 Å². The predicted molar refractivity (Wildman–Crippen MR) is 243 cm³/mol. The highest BCUT2D eigenvalue weighted by atomic mass is 31.2. The van der Waals surface area contributed by atoms with E-state index in [1.54, 1.807) is 6.92 Å². The van der Waals surface area contributed by atoms with Crippen LogP contribution in [0.1, 0.15) is 229 Å². The number of ether oxygens (including phenoxy) is 3. The zero-order chi connectivity index (χ0) is 44.1. The second-order valence-corrected chi connectivity index (χ2v) is 19.2. The Bertz CT molecular complexity index is 1380. The maximum atomic E-state index is 13.4. The van der Waals surface area contributed by atoms with Gasteiger partial charge in [-0.1, -0.05) is 168 Å². The number of esters is 2. The lowest BCUT2D eigenvalue weighted by Gasteiger charge is -2.37. The average molecular weight is 867 g/mol. The van der Waals surface area contributed by atoms with Crippen molar-refractivity contribution in [3.05, 3.63) is 22.3 Å². The van der Waals surface area contributed by atoms with Crippen molar-refractivity contribution in [3.63, 3.8) is 0 Å². The molecule has 60 heavy (non-hydrogen) atoms. The minimum atomic E-state index is -4.71. The SMILES string of the molecule is CCCCCCCCCCCCCCCCCC(=O)OC[C@H](COP(=O)(O)Oc1c(C)c(C)c2c(c1C)CCC(C)(CO)O2)OC(=O)CCCCCCCCCCCCC. The van der Waals surface area contributed by atoms with Gasteiger partial charge in [-0.05, 0) is 70.1 Å². The van der Waals surface area contributed by atoms with Gasteiger partial charge in [0.1, 0.15) is 30.3 Å². The van der Waals surface area contributed by atoms with E-state index in [-0.39, 0.29) is 31.8 Å². The van der Waals surface area contributed by atoms with Gasteiger partial charge in [-0.3, -0.25) is 19.0 Å². The molecule has 3 atom stereocenters. The first-order valence-corrected chi connectivity index (χ1v) is 25.8. The number of fused-ring (bicyclic) bond motifs is 1. The van der Waals surface area contributed by atoms with Crippen LogP contribution in [0.4, 0.5) is 0 Å². The Balaban J connectivity index is 1.84. The molecule has 0 bridgehead atoms. The number of carbonyl (C=O) groups excluding carboxylic acids is 2. The minimum absolute atomic E-state index is 0.123. The number of unbranched alkanes of at least 4 members (excludes halogenated alkanes) is 24. The summed E-state index contributed by atoms with van der Waals surface area (Å²) in [5.41, 5.74) is 2.18. The molecule has 11 heteroatoms. The maximum Gasteiger partial charge on any atom is 0.527 e. The van der Waals surface area contributed by atoms with Crippen molar-refractivity contribution >= 4 is 19.8 Å². The molecule has 0 fully saturated rings. The van der Waals surface area contributed by atoms with E-state index in [9.17, 15) is 24.2 Å². The predicted octanol–water partition coefficient (Wildman–Crippen LogP) is 13.6. The third-order valence-electron chi connectivity index (χ3n) is 12.2. The molecule has 0 aliphatic carbocycles. The van der Waals surface area contributed by atoms with Crippen LogP contribution in [0.25, 0.3) is 0 Å². The van der Waals surface area contributed by atoms with Crippen molar-refractivity contribution in [1.29, 1.82) is 0 Å². The molecule has 10 nitrogen and oxygen atoms in total. The van der Waals surface area contributed by atoms with E-state index in [4.69, 9.17) is 23.3 Å². The van der Waals surface area contributed by atoms with Gasteiger partial charge in [-0.2, -0.15) is 0 Å². The molecule has 0 amide bonds. The van der Waals surface area contributed by atoms with E-state index in [2.05, 4.69) is 13.8 Å². The summed E-state index contributed by atoms with van der Waals surface area (Å²) in [5, 5.41) is 9.88. The Morgan fingerprint density at radius 1 is 0.650 bits per heavy atom. The van der Waals surface area contributed by atoms with Gasteiger partial charge < -0.3 is 23.8 Å². The fourth-order valence-corrected chi connectivity index (χ4v) is 8.95. The van der Waals surface area contributed by atoms with E-state index in [0.29, 0.717) is 36.1 Å². The highest BCUT2D eigenvalue weighted by molar-refractivity contribution is 7.47. The van der Waals surface area contributed by atoms with Crippen molar-refractivity contribution in [2.24, 2.45) is 0 Å². The first-order chi connectivity index (χ1) is 28.9. The number of aliphatic hydroxyl groups is 1. The molecule has 2 rings (SSSR count). The zero-order valence-corrected chi connectivity index (χ0v) is 39.9. The van der Waals surface area contributed by atoms with Crippen LogP contribution in [0.3, 0.4) is 0 Å². The van der Waals surface area contributed by atoms with Gasteiger partial charge >= 0.3 is 19.8 Å². The third-order valence-corrected chi connectivity index (χ3v) is 13.1. The molecular weight excluding hydrogens is 780 g/mol. The number of benzene rings is 1. The number of rotatable bonds is 37. The Morgan fingerprint density at radius 3 is 1.53 bits per heavy atom. The molecule has 1 aromatic rings. The zero-order valence-electron chi connectivity index (χ0n) is 39.0. The smallest absolute Gasteiger partial charge is 0.485 e. The number of phosphoric ester groups is 1. The molecule has 0 aromatic heterocycles. The molecule has 0 saturated heterocycles. The lowest BCUT2D eigenvalue weighted by molar-refractivity contribution is -0.161. The largest absolute Gasteiger partial charge is 0.527 e. The van der Waals surface area contributed by atoms with Crippen LogP contribution < -0.4 is 9.26 Å². The Kier molecular flexibility index (Phi) is 28.5. The molecule has 2 N–H and O–H groups in total. The summed E-state index contributed by atoms with van der Waals surface area (Å²) in [4.78, 5) is 36.6. The van der Waals surface area contributed by atoms with Crippen molar-refractivity contribution in [2.45, 2.75) is 246 Å². The number of phosphoric acid groups is 1. The van der Waals surface area contributed by atoms with Crippen LogP contribution in [0.5, 0.6) is 11.5 Å². The first-order valence-electron chi connectivity index (χ1n) is 24.3. The molecule has 348 valence electrons. The van der Waals surface area contributed by atoms with Crippen LogP contribution in [-0.2, 0) is 34.6 Å². The first kappa shape index (κ1) is 54.0. The third kappa shape index (κ3) is 22.8. The maximum absolute atomic E-state index is 13.4. The summed E-state index contributed by atoms with van der Waals surface area (Å²) in [6.45, 7) is 10.9. The van der Waals surface area contributed by atoms with Gasteiger partial charge in [0.25, 0.3) is 0 Å². The summed E-state index contributed by atoms with van der Waals surface area (Å²) in [6, 6.07) is 0. The van der Waals surface area contributed by atoms with E-state index in [1.165, 1.54) is 122 Å². The summed E-state index contributed by atoms with van der Waals surface area (Å²) < 4.78 is 41.9. The molecular formula is C49H87O10P. The highest BCUT2D eigenvalue weighted by Crippen LogP contribution is 2.50. The van der Waals surface area contributed by atoms with E-state index in [1.807, 2.05) is 20.8 Å². The Morgan fingerprint density at radius 2 is 1.08 bits per heavy atom. The standard InChI is InChI=1S/C49H87O10P/c1-7-9-11-13-15-17-19-20-21-22-24-25-27-29-31-33-45(51)55-37-43(57-46(52)34-32-30-28-26-23-18-16-14-12-10-8-2)38-56-60(53,54)59-47-40(3)41(4)48-44(42(47)5)35-36-49(6,39-50)58-48/h43,50H,7-39H2,1-6H3,(H,53,54)/t43-,49?/m1/s1. The summed E-state index contributed by atoms with van der Waals surface area (Å²) in [6.07, 6.45) is 32.0. The van der Waals surface area contributed by atoms with Crippen LogP contribution in [0, 0.1) is 20.8 Å². The van der Waals surface area contributed by atoms with Crippen LogP contribution in [0.2, 0.25) is 0 Å². The van der Waals surface area contributed by atoms with Gasteiger partial charge in [-0.15, -0.1) is 0 Å². The monoisotopic (exact) mass is 867 g/mol. The second kappa shape index (κ2) is 31.7. The van der Waals surface area contributed by atoms with Gasteiger partial charge in [0.15, 0.2) is 6.10 Å². The molecule has 1 heterocycles. The number of carbonyl (C=O) groups is 2. The van der Waals surface area contributed by atoms with E-state index in [0.717, 1.165) is 49.7 Å². The highest BCUT2D eigenvalue weighted by Gasteiger charge is 2.36.